The molecule has 2 rings (SSSR count). The smallest absolute Gasteiger partial charge is 0.153 e. The third kappa shape index (κ3) is 1.82. The van der Waals surface area contributed by atoms with Gasteiger partial charge in [-0.2, -0.15) is 5.26 Å². The van der Waals surface area contributed by atoms with Crippen molar-refractivity contribution in [2.24, 2.45) is 5.41 Å². The van der Waals surface area contributed by atoms with Crippen LogP contribution in [0.5, 0.6) is 0 Å². The fourth-order valence-electron chi connectivity index (χ4n) is 2.40. The molecule has 1 aliphatic carbocycles. The number of sulfone groups is 1. The third-order valence-electron chi connectivity index (χ3n) is 3.26. The van der Waals surface area contributed by atoms with Crippen LogP contribution in [0.2, 0.25) is 5.02 Å². The molecule has 1 saturated carbocycles. The normalized spacial score (nSPS) is 30.5. The van der Waals surface area contributed by atoms with Crippen molar-refractivity contribution in [2.45, 2.75) is 11.2 Å². The van der Waals surface area contributed by atoms with Crippen molar-refractivity contribution >= 4 is 27.7 Å². The molecule has 3 atom stereocenters. The van der Waals surface area contributed by atoms with Crippen LogP contribution in [-0.4, -0.2) is 26.2 Å². The van der Waals surface area contributed by atoms with Gasteiger partial charge < -0.3 is 4.79 Å². The zero-order valence-corrected chi connectivity index (χ0v) is 11.1. The second-order valence-electron chi connectivity index (χ2n) is 4.44. The van der Waals surface area contributed by atoms with Gasteiger partial charge in [-0.05, 0) is 17.7 Å². The van der Waals surface area contributed by atoms with Gasteiger partial charge in [-0.25, -0.2) is 8.42 Å². The summed E-state index contributed by atoms with van der Waals surface area (Å²) < 4.78 is 23.3. The zero-order valence-electron chi connectivity index (χ0n) is 9.50. The van der Waals surface area contributed by atoms with Gasteiger partial charge in [0.25, 0.3) is 0 Å². The molecule has 0 unspecified atom stereocenters. The molecule has 0 saturated heterocycles. The van der Waals surface area contributed by atoms with Gasteiger partial charge in [0.1, 0.15) is 11.7 Å². The van der Waals surface area contributed by atoms with E-state index in [0.717, 1.165) is 6.26 Å². The monoisotopic (exact) mass is 283 g/mol. The third-order valence-corrected chi connectivity index (χ3v) is 5.09. The molecule has 0 bridgehead atoms. The zero-order chi connectivity index (χ0) is 13.6. The number of benzene rings is 1. The number of nitriles is 1. The molecule has 0 amide bonds. The van der Waals surface area contributed by atoms with Crippen LogP contribution in [0, 0.1) is 16.7 Å². The van der Waals surface area contributed by atoms with Crippen LogP contribution in [0.15, 0.2) is 24.3 Å². The minimum absolute atomic E-state index is 0.442. The van der Waals surface area contributed by atoms with Crippen molar-refractivity contribution in [3.05, 3.63) is 34.9 Å². The first-order chi connectivity index (χ1) is 8.36. The van der Waals surface area contributed by atoms with Crippen LogP contribution >= 0.6 is 11.6 Å². The van der Waals surface area contributed by atoms with Crippen LogP contribution < -0.4 is 0 Å². The van der Waals surface area contributed by atoms with Gasteiger partial charge in [-0.15, -0.1) is 0 Å². The second-order valence-corrected chi connectivity index (χ2v) is 7.05. The van der Waals surface area contributed by atoms with Gasteiger partial charge in [0.05, 0.1) is 11.3 Å². The molecule has 94 valence electrons. The molecule has 1 aliphatic rings. The molecule has 0 radical (unpaired) electrons. The fraction of sp³-hybridized carbons (Fsp3) is 0.333. The Labute approximate surface area is 110 Å². The van der Waals surface area contributed by atoms with Crippen LogP contribution in [0.4, 0.5) is 0 Å². The molecule has 0 heterocycles. The first-order valence-corrected chi connectivity index (χ1v) is 7.52. The summed E-state index contributed by atoms with van der Waals surface area (Å²) in [6.45, 7) is 0. The number of carbonyl (C=O) groups excluding carboxylic acids is 1. The maximum absolute atomic E-state index is 11.6. The van der Waals surface area contributed by atoms with E-state index in [1.807, 2.05) is 6.07 Å². The van der Waals surface area contributed by atoms with Crippen LogP contribution in [0.25, 0.3) is 0 Å². The first kappa shape index (κ1) is 13.1. The highest BCUT2D eigenvalue weighted by atomic mass is 35.5. The van der Waals surface area contributed by atoms with Gasteiger partial charge >= 0.3 is 0 Å². The number of hydrogen-bond acceptors (Lipinski definition) is 4. The molecule has 1 aromatic carbocycles. The van der Waals surface area contributed by atoms with Gasteiger partial charge in [0.2, 0.25) is 0 Å². The molecular weight excluding hydrogens is 274 g/mol. The van der Waals surface area contributed by atoms with Gasteiger partial charge in [0, 0.05) is 17.2 Å². The maximum Gasteiger partial charge on any atom is 0.153 e. The van der Waals surface area contributed by atoms with Crippen molar-refractivity contribution < 1.29 is 13.2 Å². The van der Waals surface area contributed by atoms with Gasteiger partial charge in [-0.3, -0.25) is 0 Å². The minimum atomic E-state index is -3.46. The Kier molecular flexibility index (Phi) is 2.96. The van der Waals surface area contributed by atoms with E-state index in [9.17, 15) is 13.2 Å². The number of nitrogens with zero attached hydrogens (tertiary/aromatic N) is 1. The molecule has 0 aliphatic heterocycles. The summed E-state index contributed by atoms with van der Waals surface area (Å²) in [4.78, 5) is 11.1. The Morgan fingerprint density at radius 3 is 2.28 bits per heavy atom. The Morgan fingerprint density at radius 1 is 1.39 bits per heavy atom. The number of carbonyl (C=O) groups is 1. The number of halogens is 1. The number of aldehydes is 1. The predicted octanol–water partition coefficient (Wildman–Crippen LogP) is 1.56. The molecule has 0 spiro atoms. The van der Waals surface area contributed by atoms with Crippen molar-refractivity contribution in [3.8, 4) is 6.07 Å². The Bertz CT molecular complexity index is 632. The largest absolute Gasteiger partial charge is 0.302 e. The molecule has 1 fully saturated rings. The summed E-state index contributed by atoms with van der Waals surface area (Å²) in [5, 5.41) is 8.66. The summed E-state index contributed by atoms with van der Waals surface area (Å²) in [6, 6.07) is 8.36. The lowest BCUT2D eigenvalue weighted by atomic mass is 10.0. The summed E-state index contributed by atoms with van der Waals surface area (Å²) in [5.41, 5.74) is -0.815. The standard InChI is InChI=1S/C12H10ClNO3S/c1-18(16,17)11-10(12(11,6-14)7-15)8-2-4-9(13)5-3-8/h2-5,7,10-11H,1H3/t10-,11-,12+/m0/s1. The van der Waals surface area contributed by atoms with E-state index in [0.29, 0.717) is 16.9 Å². The maximum atomic E-state index is 11.6. The average molecular weight is 284 g/mol. The predicted molar refractivity (Wildman–Crippen MR) is 66.9 cm³/mol. The lowest BCUT2D eigenvalue weighted by molar-refractivity contribution is -0.110. The molecule has 4 nitrogen and oxygen atoms in total. The van der Waals surface area contributed by atoms with Crippen LogP contribution in [-0.2, 0) is 14.6 Å². The Morgan fingerprint density at radius 2 is 1.94 bits per heavy atom. The fourth-order valence-corrected chi connectivity index (χ4v) is 4.28. The molecule has 6 heteroatoms. The number of rotatable bonds is 3. The van der Waals surface area contributed by atoms with Crippen LogP contribution in [0.3, 0.4) is 0 Å². The Hall–Kier alpha value is -1.38. The Balaban J connectivity index is 2.49. The molecule has 1 aromatic rings. The van der Waals surface area contributed by atoms with E-state index in [1.54, 1.807) is 24.3 Å². The molecule has 0 N–H and O–H groups in total. The van der Waals surface area contributed by atoms with E-state index in [1.165, 1.54) is 0 Å². The van der Waals surface area contributed by atoms with Crippen molar-refractivity contribution in [1.82, 2.24) is 0 Å². The van der Waals surface area contributed by atoms with E-state index in [4.69, 9.17) is 16.9 Å². The second kappa shape index (κ2) is 4.08. The van der Waals surface area contributed by atoms with Gasteiger partial charge in [0.15, 0.2) is 9.84 Å². The van der Waals surface area contributed by atoms with E-state index in [2.05, 4.69) is 0 Å². The van der Waals surface area contributed by atoms with Crippen molar-refractivity contribution in [3.63, 3.8) is 0 Å². The summed E-state index contributed by atoms with van der Waals surface area (Å²) in [5.74, 6) is -0.604. The van der Waals surface area contributed by atoms with E-state index < -0.39 is 26.4 Å². The average Bonchev–Trinajstić information content (AvgIpc) is 3.00. The quantitative estimate of drug-likeness (QED) is 0.789. The molecular formula is C12H10ClNO3S. The van der Waals surface area contributed by atoms with Crippen LogP contribution in [0.1, 0.15) is 11.5 Å². The first-order valence-electron chi connectivity index (χ1n) is 5.18. The highest BCUT2D eigenvalue weighted by Crippen LogP contribution is 2.61. The number of hydrogen-bond donors (Lipinski definition) is 0. The van der Waals surface area contributed by atoms with Crippen molar-refractivity contribution in [1.29, 1.82) is 5.26 Å². The molecule has 18 heavy (non-hydrogen) atoms. The van der Waals surface area contributed by atoms with Gasteiger partial charge in [-0.1, -0.05) is 23.7 Å². The summed E-state index contributed by atoms with van der Waals surface area (Å²) in [7, 11) is -3.46. The lowest BCUT2D eigenvalue weighted by Crippen LogP contribution is -2.14. The van der Waals surface area contributed by atoms with E-state index in [-0.39, 0.29) is 0 Å². The lowest BCUT2D eigenvalue weighted by Gasteiger charge is -1.99. The highest BCUT2D eigenvalue weighted by molar-refractivity contribution is 7.91. The summed E-state index contributed by atoms with van der Waals surface area (Å²) in [6.07, 6.45) is 1.49. The minimum Gasteiger partial charge on any atom is -0.302 e. The van der Waals surface area contributed by atoms with E-state index >= 15 is 0 Å². The highest BCUT2D eigenvalue weighted by Gasteiger charge is 2.71. The molecule has 0 aromatic heterocycles. The summed E-state index contributed by atoms with van der Waals surface area (Å²) >= 11 is 5.75. The topological polar surface area (TPSA) is 75.0 Å². The van der Waals surface area contributed by atoms with Crippen molar-refractivity contribution in [2.75, 3.05) is 6.26 Å². The SMILES string of the molecule is CS(=O)(=O)[C@H]1[C@H](c2ccc(Cl)cc2)[C@@]1(C#N)C=O.